The molecule has 0 aromatic heterocycles. The summed E-state index contributed by atoms with van der Waals surface area (Å²) in [6.07, 6.45) is 3.03. The van der Waals surface area contributed by atoms with E-state index in [9.17, 15) is 0 Å². The van der Waals surface area contributed by atoms with Crippen LogP contribution in [0.1, 0.15) is 17.5 Å². The van der Waals surface area contributed by atoms with Gasteiger partial charge < -0.3 is 0 Å². The lowest BCUT2D eigenvalue weighted by atomic mass is 9.97. The molecule has 0 aliphatic rings. The van der Waals surface area contributed by atoms with E-state index in [0.29, 0.717) is 5.88 Å². The Morgan fingerprint density at radius 3 is 2.11 bits per heavy atom. The molecule has 0 heterocycles. The summed E-state index contributed by atoms with van der Waals surface area (Å²) < 4.78 is 0. The van der Waals surface area contributed by atoms with Crippen LogP contribution >= 0.6 is 23.2 Å². The van der Waals surface area contributed by atoms with Crippen molar-refractivity contribution >= 4 is 28.8 Å². The van der Waals surface area contributed by atoms with E-state index in [4.69, 9.17) is 23.2 Å². The van der Waals surface area contributed by atoms with Gasteiger partial charge in [-0.1, -0.05) is 60.1 Å². The summed E-state index contributed by atoms with van der Waals surface area (Å²) in [5.41, 5.74) is 3.56. The summed E-state index contributed by atoms with van der Waals surface area (Å²) >= 11 is 11.7. The number of rotatable bonds is 4. The molecule has 2 aromatic rings. The Morgan fingerprint density at radius 2 is 1.50 bits per heavy atom. The van der Waals surface area contributed by atoms with Gasteiger partial charge in [-0.25, -0.2) is 0 Å². The number of allylic oxidation sites excluding steroid dienone is 1. The van der Waals surface area contributed by atoms with Crippen molar-refractivity contribution in [1.29, 1.82) is 0 Å². The zero-order valence-electron chi connectivity index (χ0n) is 9.94. The van der Waals surface area contributed by atoms with Gasteiger partial charge in [0.25, 0.3) is 0 Å². The second-order valence-corrected chi connectivity index (χ2v) is 4.78. The molecule has 0 aliphatic heterocycles. The summed E-state index contributed by atoms with van der Waals surface area (Å²) in [6, 6.07) is 18.2. The molecular weight excluding hydrogens is 263 g/mol. The van der Waals surface area contributed by atoms with Gasteiger partial charge in [0.15, 0.2) is 0 Å². The zero-order valence-corrected chi connectivity index (χ0v) is 11.5. The Morgan fingerprint density at radius 1 is 0.889 bits per heavy atom. The fourth-order valence-corrected chi connectivity index (χ4v) is 2.08. The SMILES string of the molecule is ClCC/C=C(\c1ccccc1)c1ccc(Cl)cc1. The van der Waals surface area contributed by atoms with Crippen LogP contribution in [0.5, 0.6) is 0 Å². The van der Waals surface area contributed by atoms with Crippen molar-refractivity contribution in [2.24, 2.45) is 0 Å². The molecule has 0 spiro atoms. The van der Waals surface area contributed by atoms with Crippen LogP contribution in [0.4, 0.5) is 0 Å². The fraction of sp³-hybridized carbons (Fsp3) is 0.125. The highest BCUT2D eigenvalue weighted by Crippen LogP contribution is 2.25. The lowest BCUT2D eigenvalue weighted by Crippen LogP contribution is -1.88. The third-order valence-electron chi connectivity index (χ3n) is 2.70. The third kappa shape index (κ3) is 3.38. The fourth-order valence-electron chi connectivity index (χ4n) is 1.85. The van der Waals surface area contributed by atoms with Gasteiger partial charge in [0.05, 0.1) is 0 Å². The molecule has 18 heavy (non-hydrogen) atoms. The molecule has 2 aromatic carbocycles. The lowest BCUT2D eigenvalue weighted by Gasteiger charge is -2.08. The average molecular weight is 277 g/mol. The van der Waals surface area contributed by atoms with E-state index >= 15 is 0 Å². The topological polar surface area (TPSA) is 0 Å². The maximum absolute atomic E-state index is 5.93. The standard InChI is InChI=1S/C16H14Cl2/c17-12-4-7-16(13-5-2-1-3-6-13)14-8-10-15(18)11-9-14/h1-3,5-11H,4,12H2/b16-7+. The summed E-state index contributed by atoms with van der Waals surface area (Å²) in [5.74, 6) is 0.629. The first kappa shape index (κ1) is 13.2. The van der Waals surface area contributed by atoms with Crippen molar-refractivity contribution in [2.75, 3.05) is 5.88 Å². The van der Waals surface area contributed by atoms with Crippen LogP contribution in [0, 0.1) is 0 Å². The number of alkyl halides is 1. The summed E-state index contributed by atoms with van der Waals surface area (Å²) in [7, 11) is 0. The molecule has 0 atom stereocenters. The van der Waals surface area contributed by atoms with Crippen LogP contribution in [0.25, 0.3) is 5.57 Å². The van der Waals surface area contributed by atoms with Gasteiger partial charge in [0.2, 0.25) is 0 Å². The second-order valence-electron chi connectivity index (χ2n) is 3.97. The Balaban J connectivity index is 2.40. The van der Waals surface area contributed by atoms with E-state index in [1.807, 2.05) is 42.5 Å². The largest absolute Gasteiger partial charge is 0.126 e. The van der Waals surface area contributed by atoms with E-state index in [-0.39, 0.29) is 0 Å². The van der Waals surface area contributed by atoms with Crippen molar-refractivity contribution in [3.8, 4) is 0 Å². The van der Waals surface area contributed by atoms with E-state index in [1.54, 1.807) is 0 Å². The van der Waals surface area contributed by atoms with Crippen LogP contribution in [-0.2, 0) is 0 Å². The number of hydrogen-bond donors (Lipinski definition) is 0. The van der Waals surface area contributed by atoms with Gasteiger partial charge in [0.1, 0.15) is 0 Å². The van der Waals surface area contributed by atoms with Gasteiger partial charge >= 0.3 is 0 Å². The predicted octanol–water partition coefficient (Wildman–Crippen LogP) is 5.40. The van der Waals surface area contributed by atoms with E-state index < -0.39 is 0 Å². The zero-order chi connectivity index (χ0) is 12.8. The molecule has 0 radical (unpaired) electrons. The smallest absolute Gasteiger partial charge is 0.0406 e. The normalized spacial score (nSPS) is 11.6. The third-order valence-corrected chi connectivity index (χ3v) is 3.17. The Labute approximate surface area is 118 Å². The van der Waals surface area contributed by atoms with Crippen molar-refractivity contribution in [3.05, 3.63) is 76.8 Å². The molecule has 2 heteroatoms. The van der Waals surface area contributed by atoms with Crippen LogP contribution in [-0.4, -0.2) is 5.88 Å². The number of hydrogen-bond acceptors (Lipinski definition) is 0. The molecule has 0 bridgehead atoms. The van der Waals surface area contributed by atoms with Crippen LogP contribution in [0.15, 0.2) is 60.7 Å². The molecule has 0 nitrogen and oxygen atoms in total. The molecule has 0 saturated heterocycles. The average Bonchev–Trinajstić information content (AvgIpc) is 2.42. The van der Waals surface area contributed by atoms with Crippen LogP contribution in [0.3, 0.4) is 0 Å². The Kier molecular flexibility index (Phi) is 4.86. The van der Waals surface area contributed by atoms with Gasteiger partial charge in [-0.3, -0.25) is 0 Å². The summed E-state index contributed by atoms with van der Waals surface area (Å²) in [5, 5.41) is 0.753. The summed E-state index contributed by atoms with van der Waals surface area (Å²) in [6.45, 7) is 0. The van der Waals surface area contributed by atoms with Crippen LogP contribution in [0.2, 0.25) is 5.02 Å². The first-order chi connectivity index (χ1) is 8.81. The Hall–Kier alpha value is -1.24. The molecule has 92 valence electrons. The molecule has 0 saturated carbocycles. The molecule has 2 rings (SSSR count). The molecular formula is C16H14Cl2. The van der Waals surface area contributed by atoms with Crippen molar-refractivity contribution in [1.82, 2.24) is 0 Å². The van der Waals surface area contributed by atoms with E-state index in [1.165, 1.54) is 11.1 Å². The maximum atomic E-state index is 5.93. The first-order valence-electron chi connectivity index (χ1n) is 5.89. The van der Waals surface area contributed by atoms with Gasteiger partial charge in [-0.2, -0.15) is 0 Å². The highest BCUT2D eigenvalue weighted by Gasteiger charge is 2.04. The van der Waals surface area contributed by atoms with Gasteiger partial charge in [0, 0.05) is 10.9 Å². The van der Waals surface area contributed by atoms with Gasteiger partial charge in [-0.15, -0.1) is 11.6 Å². The first-order valence-corrected chi connectivity index (χ1v) is 6.80. The molecule has 0 amide bonds. The molecule has 0 fully saturated rings. The number of halogens is 2. The minimum atomic E-state index is 0.629. The highest BCUT2D eigenvalue weighted by molar-refractivity contribution is 6.30. The van der Waals surface area contributed by atoms with Gasteiger partial charge in [-0.05, 0) is 35.3 Å². The minimum Gasteiger partial charge on any atom is -0.126 e. The molecule has 0 N–H and O–H groups in total. The lowest BCUT2D eigenvalue weighted by molar-refractivity contribution is 1.23. The van der Waals surface area contributed by atoms with E-state index in [0.717, 1.165) is 17.0 Å². The number of benzene rings is 2. The monoisotopic (exact) mass is 276 g/mol. The van der Waals surface area contributed by atoms with Crippen molar-refractivity contribution in [3.63, 3.8) is 0 Å². The van der Waals surface area contributed by atoms with Crippen molar-refractivity contribution < 1.29 is 0 Å². The van der Waals surface area contributed by atoms with E-state index in [2.05, 4.69) is 18.2 Å². The molecule has 0 unspecified atom stereocenters. The minimum absolute atomic E-state index is 0.629. The second kappa shape index (κ2) is 6.63. The van der Waals surface area contributed by atoms with Crippen molar-refractivity contribution in [2.45, 2.75) is 6.42 Å². The highest BCUT2D eigenvalue weighted by atomic mass is 35.5. The summed E-state index contributed by atoms with van der Waals surface area (Å²) in [4.78, 5) is 0. The maximum Gasteiger partial charge on any atom is 0.0406 e. The predicted molar refractivity (Wildman–Crippen MR) is 80.3 cm³/mol. The van der Waals surface area contributed by atoms with Crippen LogP contribution < -0.4 is 0 Å². The Bertz CT molecular complexity index is 513. The quantitative estimate of drug-likeness (QED) is 0.656. The molecule has 0 aliphatic carbocycles.